The second-order valence-corrected chi connectivity index (χ2v) is 7.13. The summed E-state index contributed by atoms with van der Waals surface area (Å²) in [5, 5.41) is 0. The van der Waals surface area contributed by atoms with Gasteiger partial charge in [-0.25, -0.2) is 0 Å². The largest absolute Gasteiger partial charge is 0.496 e. The van der Waals surface area contributed by atoms with E-state index in [1.165, 1.54) is 0 Å². The van der Waals surface area contributed by atoms with E-state index in [9.17, 15) is 9.59 Å². The summed E-state index contributed by atoms with van der Waals surface area (Å²) in [5.74, 6) is 1.04. The van der Waals surface area contributed by atoms with Crippen molar-refractivity contribution >= 4 is 11.8 Å². The summed E-state index contributed by atoms with van der Waals surface area (Å²) < 4.78 is 10.8. The number of methoxy groups -OCH3 is 1. The van der Waals surface area contributed by atoms with Gasteiger partial charge in [-0.2, -0.15) is 0 Å². The second-order valence-electron chi connectivity index (χ2n) is 7.13. The Balaban J connectivity index is 1.55. The molecule has 1 unspecified atom stereocenters. The zero-order valence-corrected chi connectivity index (χ0v) is 15.9. The standard InChI is InChI=1S/C20H28N2O4/c1-14-12-18(25-3)15(2)11-16(14)13-19(23)21-6-8-22(9-7-21)20(24)17-5-4-10-26-17/h11-12,17H,4-10,13H2,1-3H3. The van der Waals surface area contributed by atoms with E-state index < -0.39 is 0 Å². The average molecular weight is 360 g/mol. The molecule has 142 valence electrons. The molecule has 0 saturated carbocycles. The van der Waals surface area contributed by atoms with Crippen molar-refractivity contribution in [2.45, 2.75) is 39.2 Å². The van der Waals surface area contributed by atoms with Crippen LogP contribution in [-0.4, -0.2) is 67.6 Å². The fourth-order valence-corrected chi connectivity index (χ4v) is 3.69. The van der Waals surface area contributed by atoms with E-state index in [0.29, 0.717) is 39.2 Å². The number of ether oxygens (including phenoxy) is 2. The highest BCUT2D eigenvalue weighted by Crippen LogP contribution is 2.23. The number of nitrogens with zero attached hydrogens (tertiary/aromatic N) is 2. The molecule has 0 N–H and O–H groups in total. The van der Waals surface area contributed by atoms with E-state index in [4.69, 9.17) is 9.47 Å². The molecule has 3 rings (SSSR count). The molecule has 0 aliphatic carbocycles. The van der Waals surface area contributed by atoms with Gasteiger partial charge in [-0.05, 0) is 49.4 Å². The van der Waals surface area contributed by atoms with Crippen LogP contribution in [0, 0.1) is 13.8 Å². The Hall–Kier alpha value is -2.08. The van der Waals surface area contributed by atoms with Crippen molar-refractivity contribution < 1.29 is 19.1 Å². The van der Waals surface area contributed by atoms with E-state index in [1.54, 1.807) is 7.11 Å². The topological polar surface area (TPSA) is 59.1 Å². The first-order valence-electron chi connectivity index (χ1n) is 9.32. The van der Waals surface area contributed by atoms with Gasteiger partial charge in [0.1, 0.15) is 11.9 Å². The SMILES string of the molecule is COc1cc(C)c(CC(=O)N2CCN(C(=O)C3CCCO3)CC2)cc1C. The molecule has 6 nitrogen and oxygen atoms in total. The van der Waals surface area contributed by atoms with E-state index in [2.05, 4.69) is 0 Å². The molecule has 0 spiro atoms. The van der Waals surface area contributed by atoms with Gasteiger partial charge < -0.3 is 19.3 Å². The predicted molar refractivity (Wildman–Crippen MR) is 98.3 cm³/mol. The number of piperazine rings is 1. The Morgan fingerprint density at radius 3 is 2.42 bits per heavy atom. The maximum absolute atomic E-state index is 12.7. The molecule has 2 saturated heterocycles. The van der Waals surface area contributed by atoms with Gasteiger partial charge >= 0.3 is 0 Å². The minimum Gasteiger partial charge on any atom is -0.496 e. The highest BCUT2D eigenvalue weighted by Gasteiger charge is 2.31. The van der Waals surface area contributed by atoms with Gasteiger partial charge in [-0.15, -0.1) is 0 Å². The molecule has 0 aromatic heterocycles. The van der Waals surface area contributed by atoms with Crippen LogP contribution >= 0.6 is 0 Å². The van der Waals surface area contributed by atoms with Crippen molar-refractivity contribution in [2.24, 2.45) is 0 Å². The minimum atomic E-state index is -0.276. The number of benzene rings is 1. The van der Waals surface area contributed by atoms with Crippen LogP contribution in [0.15, 0.2) is 12.1 Å². The third-order valence-electron chi connectivity index (χ3n) is 5.34. The summed E-state index contributed by atoms with van der Waals surface area (Å²) in [5.41, 5.74) is 3.13. The Morgan fingerprint density at radius 1 is 1.12 bits per heavy atom. The predicted octanol–water partition coefficient (Wildman–Crippen LogP) is 1.70. The van der Waals surface area contributed by atoms with E-state index in [1.807, 2.05) is 35.8 Å². The van der Waals surface area contributed by atoms with Crippen molar-refractivity contribution in [1.82, 2.24) is 9.80 Å². The quantitative estimate of drug-likeness (QED) is 0.820. The highest BCUT2D eigenvalue weighted by atomic mass is 16.5. The number of rotatable bonds is 4. The number of aryl methyl sites for hydroxylation is 2. The molecule has 2 aliphatic heterocycles. The number of hydrogen-bond donors (Lipinski definition) is 0. The molecule has 1 aromatic carbocycles. The highest BCUT2D eigenvalue weighted by molar-refractivity contribution is 5.82. The van der Waals surface area contributed by atoms with Gasteiger partial charge in [0.25, 0.3) is 5.91 Å². The van der Waals surface area contributed by atoms with Crippen molar-refractivity contribution in [3.63, 3.8) is 0 Å². The van der Waals surface area contributed by atoms with Crippen molar-refractivity contribution in [3.05, 3.63) is 28.8 Å². The van der Waals surface area contributed by atoms with Crippen LogP contribution in [0.3, 0.4) is 0 Å². The van der Waals surface area contributed by atoms with Gasteiger partial charge in [-0.3, -0.25) is 9.59 Å². The number of carbonyl (C=O) groups excluding carboxylic acids is 2. The lowest BCUT2D eigenvalue weighted by Crippen LogP contribution is -2.53. The summed E-state index contributed by atoms with van der Waals surface area (Å²) in [6, 6.07) is 4.01. The lowest BCUT2D eigenvalue weighted by molar-refractivity contribution is -0.145. The van der Waals surface area contributed by atoms with Crippen LogP contribution in [0.1, 0.15) is 29.5 Å². The zero-order chi connectivity index (χ0) is 18.7. The van der Waals surface area contributed by atoms with E-state index in [-0.39, 0.29) is 17.9 Å². The molecule has 0 bridgehead atoms. The minimum absolute atomic E-state index is 0.0798. The molecule has 2 heterocycles. The third kappa shape index (κ3) is 4.01. The molecule has 2 fully saturated rings. The molecule has 2 amide bonds. The number of hydrogen-bond acceptors (Lipinski definition) is 4. The third-order valence-corrected chi connectivity index (χ3v) is 5.34. The molecular formula is C20H28N2O4. The Bertz CT molecular complexity index is 675. The smallest absolute Gasteiger partial charge is 0.251 e. The van der Waals surface area contributed by atoms with Crippen LogP contribution in [0.4, 0.5) is 0 Å². The number of amides is 2. The average Bonchev–Trinajstić information content (AvgIpc) is 3.18. The van der Waals surface area contributed by atoms with Crippen LogP contribution < -0.4 is 4.74 Å². The molecule has 26 heavy (non-hydrogen) atoms. The monoisotopic (exact) mass is 360 g/mol. The molecule has 2 aliphatic rings. The molecule has 1 aromatic rings. The summed E-state index contributed by atoms with van der Waals surface area (Å²) in [4.78, 5) is 28.8. The Morgan fingerprint density at radius 2 is 1.81 bits per heavy atom. The van der Waals surface area contributed by atoms with Gasteiger partial charge in [0.2, 0.25) is 5.91 Å². The van der Waals surface area contributed by atoms with Gasteiger partial charge in [0, 0.05) is 32.8 Å². The van der Waals surface area contributed by atoms with Gasteiger partial charge in [-0.1, -0.05) is 6.07 Å². The Kier molecular flexibility index (Phi) is 5.81. The first-order chi connectivity index (χ1) is 12.5. The molecule has 1 atom stereocenters. The van der Waals surface area contributed by atoms with Crippen molar-refractivity contribution in [3.8, 4) is 5.75 Å². The maximum atomic E-state index is 12.7. The first kappa shape index (κ1) is 18.7. The number of carbonyl (C=O) groups is 2. The maximum Gasteiger partial charge on any atom is 0.251 e. The van der Waals surface area contributed by atoms with Crippen LogP contribution in [0.25, 0.3) is 0 Å². The molecule has 0 radical (unpaired) electrons. The molecule has 6 heteroatoms. The second kappa shape index (κ2) is 8.08. The first-order valence-corrected chi connectivity index (χ1v) is 9.32. The summed E-state index contributed by atoms with van der Waals surface area (Å²) in [7, 11) is 1.66. The fraction of sp³-hybridized carbons (Fsp3) is 0.600. The summed E-state index contributed by atoms with van der Waals surface area (Å²) in [6.45, 7) is 7.02. The van der Waals surface area contributed by atoms with E-state index in [0.717, 1.165) is 35.3 Å². The fourth-order valence-electron chi connectivity index (χ4n) is 3.69. The lowest BCUT2D eigenvalue weighted by Gasteiger charge is -2.36. The van der Waals surface area contributed by atoms with Gasteiger partial charge in [0.05, 0.1) is 13.5 Å². The van der Waals surface area contributed by atoms with Crippen LogP contribution in [-0.2, 0) is 20.7 Å². The van der Waals surface area contributed by atoms with Crippen LogP contribution in [0.5, 0.6) is 5.75 Å². The normalized spacial score (nSPS) is 20.3. The zero-order valence-electron chi connectivity index (χ0n) is 15.9. The van der Waals surface area contributed by atoms with E-state index >= 15 is 0 Å². The Labute approximate surface area is 155 Å². The van der Waals surface area contributed by atoms with Crippen LogP contribution in [0.2, 0.25) is 0 Å². The van der Waals surface area contributed by atoms with Crippen molar-refractivity contribution in [2.75, 3.05) is 39.9 Å². The van der Waals surface area contributed by atoms with Gasteiger partial charge in [0.15, 0.2) is 0 Å². The lowest BCUT2D eigenvalue weighted by atomic mass is 10.0. The summed E-state index contributed by atoms with van der Waals surface area (Å²) in [6.07, 6.45) is 1.88. The summed E-state index contributed by atoms with van der Waals surface area (Å²) >= 11 is 0. The van der Waals surface area contributed by atoms with Crippen molar-refractivity contribution in [1.29, 1.82) is 0 Å². The molecular weight excluding hydrogens is 332 g/mol.